The number of nitrogens with zero attached hydrogens (tertiary/aromatic N) is 5. The Labute approximate surface area is 220 Å². The molecule has 0 saturated carbocycles. The van der Waals surface area contributed by atoms with Crippen molar-refractivity contribution in [3.8, 4) is 5.95 Å². The summed E-state index contributed by atoms with van der Waals surface area (Å²) in [5, 5.41) is 9.66. The van der Waals surface area contributed by atoms with E-state index in [2.05, 4.69) is 30.7 Å². The Bertz CT molecular complexity index is 1320. The first-order valence-corrected chi connectivity index (χ1v) is 12.0. The monoisotopic (exact) mass is 515 g/mol. The van der Waals surface area contributed by atoms with Crippen LogP contribution in [0.5, 0.6) is 0 Å². The van der Waals surface area contributed by atoms with Crippen LogP contribution >= 0.6 is 0 Å². The Morgan fingerprint density at radius 1 is 0.868 bits per heavy atom. The molecule has 0 aliphatic heterocycles. The smallest absolute Gasteiger partial charge is 0.415 e. The van der Waals surface area contributed by atoms with E-state index < -0.39 is 29.9 Å². The summed E-state index contributed by atoms with van der Waals surface area (Å²) in [6.07, 6.45) is 1.06. The first-order valence-electron chi connectivity index (χ1n) is 12.0. The predicted octanol–water partition coefficient (Wildman–Crippen LogP) is 4.98. The van der Waals surface area contributed by atoms with Crippen molar-refractivity contribution in [3.05, 3.63) is 96.1 Å². The lowest BCUT2D eigenvalue weighted by molar-refractivity contribution is 0.0505. The standard InChI is InChI=1S/C27H29N7O4/c1-18(30-26(36)38-27(2,3)4)22-31-23(33-34(22)24-28-16-11-17-29-24)32-25(35)37-21(19-12-7-5-8-13-19)20-14-9-6-10-15-20/h5-18,21H,1-4H3,(H,30,36)(H,32,33,35)/t18-/m0/s1. The molecular weight excluding hydrogens is 486 g/mol. The Hall–Kier alpha value is -4.80. The number of carbonyl (C=O) groups excluding carboxylic acids is 2. The van der Waals surface area contributed by atoms with Crippen molar-refractivity contribution in [1.29, 1.82) is 0 Å². The van der Waals surface area contributed by atoms with Crippen LogP contribution in [-0.4, -0.2) is 42.5 Å². The molecule has 0 aliphatic carbocycles. The van der Waals surface area contributed by atoms with Crippen LogP contribution in [0.25, 0.3) is 5.95 Å². The highest BCUT2D eigenvalue weighted by atomic mass is 16.6. The SMILES string of the molecule is C[C@H](NC(=O)OC(C)(C)C)c1nc(NC(=O)OC(c2ccccc2)c2ccccc2)nn1-c1ncccn1. The number of hydrogen-bond acceptors (Lipinski definition) is 8. The predicted molar refractivity (Wildman–Crippen MR) is 140 cm³/mol. The summed E-state index contributed by atoms with van der Waals surface area (Å²) in [5.41, 5.74) is 0.937. The average molecular weight is 516 g/mol. The van der Waals surface area contributed by atoms with Crippen LogP contribution in [0.3, 0.4) is 0 Å². The van der Waals surface area contributed by atoms with Crippen molar-refractivity contribution in [2.45, 2.75) is 45.4 Å². The molecule has 196 valence electrons. The van der Waals surface area contributed by atoms with Crippen LogP contribution in [0, 0.1) is 0 Å². The Morgan fingerprint density at radius 2 is 1.45 bits per heavy atom. The summed E-state index contributed by atoms with van der Waals surface area (Å²) in [5.74, 6) is 0.441. The number of hydrogen-bond donors (Lipinski definition) is 2. The van der Waals surface area contributed by atoms with Crippen molar-refractivity contribution in [1.82, 2.24) is 30.0 Å². The molecule has 4 aromatic rings. The number of nitrogens with one attached hydrogen (secondary N) is 2. The lowest BCUT2D eigenvalue weighted by Gasteiger charge is -2.21. The van der Waals surface area contributed by atoms with E-state index in [0.717, 1.165) is 11.1 Å². The van der Waals surface area contributed by atoms with Crippen LogP contribution in [-0.2, 0) is 9.47 Å². The molecule has 0 spiro atoms. The number of aromatic nitrogens is 5. The zero-order valence-corrected chi connectivity index (χ0v) is 21.5. The minimum Gasteiger partial charge on any atom is -0.444 e. The van der Waals surface area contributed by atoms with E-state index in [1.807, 2.05) is 60.7 Å². The van der Waals surface area contributed by atoms with Crippen LogP contribution < -0.4 is 10.6 Å². The number of carbonyl (C=O) groups is 2. The molecule has 11 heteroatoms. The van der Waals surface area contributed by atoms with Gasteiger partial charge in [0.2, 0.25) is 0 Å². The van der Waals surface area contributed by atoms with E-state index in [-0.39, 0.29) is 17.7 Å². The molecular formula is C27H29N7O4. The first-order chi connectivity index (χ1) is 18.2. The molecule has 0 unspecified atom stereocenters. The summed E-state index contributed by atoms with van der Waals surface area (Å²) in [6, 6.07) is 19.8. The third-order valence-electron chi connectivity index (χ3n) is 5.14. The topological polar surface area (TPSA) is 133 Å². The minimum absolute atomic E-state index is 0.0461. The molecule has 1 atom stereocenters. The summed E-state index contributed by atoms with van der Waals surface area (Å²) in [6.45, 7) is 7.01. The fraction of sp³-hybridized carbons (Fsp3) is 0.259. The maximum absolute atomic E-state index is 13.0. The molecule has 2 aromatic carbocycles. The van der Waals surface area contributed by atoms with E-state index in [0.29, 0.717) is 0 Å². The van der Waals surface area contributed by atoms with E-state index >= 15 is 0 Å². The number of rotatable bonds is 7. The van der Waals surface area contributed by atoms with Gasteiger partial charge in [0, 0.05) is 12.4 Å². The molecule has 2 heterocycles. The van der Waals surface area contributed by atoms with Crippen molar-refractivity contribution >= 4 is 18.1 Å². The van der Waals surface area contributed by atoms with Crippen molar-refractivity contribution < 1.29 is 19.1 Å². The van der Waals surface area contributed by atoms with Gasteiger partial charge in [-0.1, -0.05) is 60.7 Å². The molecule has 4 rings (SSSR count). The second-order valence-corrected chi connectivity index (χ2v) is 9.35. The number of alkyl carbamates (subject to hydrolysis) is 1. The van der Waals surface area contributed by atoms with Crippen LogP contribution in [0.1, 0.15) is 56.8 Å². The summed E-state index contributed by atoms with van der Waals surface area (Å²) >= 11 is 0. The van der Waals surface area contributed by atoms with E-state index in [1.54, 1.807) is 46.2 Å². The molecule has 0 radical (unpaired) electrons. The maximum atomic E-state index is 13.0. The number of amides is 2. The lowest BCUT2D eigenvalue weighted by atomic mass is 10.0. The zero-order valence-electron chi connectivity index (χ0n) is 21.5. The van der Waals surface area contributed by atoms with Gasteiger partial charge in [-0.2, -0.15) is 9.67 Å². The van der Waals surface area contributed by atoms with Gasteiger partial charge in [-0.15, -0.1) is 5.10 Å². The van der Waals surface area contributed by atoms with Gasteiger partial charge >= 0.3 is 12.2 Å². The second-order valence-electron chi connectivity index (χ2n) is 9.35. The first kappa shape index (κ1) is 26.3. The lowest BCUT2D eigenvalue weighted by Crippen LogP contribution is -2.35. The fourth-order valence-electron chi connectivity index (χ4n) is 3.57. The second kappa shape index (κ2) is 11.5. The summed E-state index contributed by atoms with van der Waals surface area (Å²) in [7, 11) is 0. The van der Waals surface area contributed by atoms with E-state index in [1.165, 1.54) is 4.68 Å². The van der Waals surface area contributed by atoms with Gasteiger partial charge in [0.1, 0.15) is 5.60 Å². The van der Waals surface area contributed by atoms with Crippen molar-refractivity contribution in [2.24, 2.45) is 0 Å². The summed E-state index contributed by atoms with van der Waals surface area (Å²) in [4.78, 5) is 38.2. The molecule has 2 aromatic heterocycles. The van der Waals surface area contributed by atoms with Crippen LogP contribution in [0.2, 0.25) is 0 Å². The molecule has 0 fully saturated rings. The van der Waals surface area contributed by atoms with Gasteiger partial charge in [-0.3, -0.25) is 5.32 Å². The highest BCUT2D eigenvalue weighted by Crippen LogP contribution is 2.26. The molecule has 2 amide bonds. The number of anilines is 1. The zero-order chi connectivity index (χ0) is 27.1. The van der Waals surface area contributed by atoms with Gasteiger partial charge < -0.3 is 14.8 Å². The number of benzene rings is 2. The Kier molecular flexibility index (Phi) is 7.95. The third kappa shape index (κ3) is 6.90. The minimum atomic E-state index is -0.756. The normalized spacial score (nSPS) is 12.0. The molecule has 0 saturated heterocycles. The molecule has 2 N–H and O–H groups in total. The van der Waals surface area contributed by atoms with Crippen LogP contribution in [0.15, 0.2) is 79.1 Å². The highest BCUT2D eigenvalue weighted by molar-refractivity contribution is 5.82. The Morgan fingerprint density at radius 3 is 2.00 bits per heavy atom. The van der Waals surface area contributed by atoms with Gasteiger partial charge in [0.15, 0.2) is 11.9 Å². The maximum Gasteiger partial charge on any atom is 0.415 e. The fourth-order valence-corrected chi connectivity index (χ4v) is 3.57. The van der Waals surface area contributed by atoms with E-state index in [9.17, 15) is 9.59 Å². The largest absolute Gasteiger partial charge is 0.444 e. The van der Waals surface area contributed by atoms with Gasteiger partial charge in [0.05, 0.1) is 6.04 Å². The molecule has 38 heavy (non-hydrogen) atoms. The Balaban J connectivity index is 1.57. The van der Waals surface area contributed by atoms with E-state index in [4.69, 9.17) is 9.47 Å². The highest BCUT2D eigenvalue weighted by Gasteiger charge is 2.25. The third-order valence-corrected chi connectivity index (χ3v) is 5.14. The molecule has 0 aliphatic rings. The molecule has 11 nitrogen and oxygen atoms in total. The average Bonchev–Trinajstić information content (AvgIpc) is 3.31. The molecule has 0 bridgehead atoms. The van der Waals surface area contributed by atoms with Gasteiger partial charge in [0.25, 0.3) is 11.9 Å². The quantitative estimate of drug-likeness (QED) is 0.352. The number of ether oxygens (including phenoxy) is 2. The summed E-state index contributed by atoms with van der Waals surface area (Å²) < 4.78 is 12.5. The van der Waals surface area contributed by atoms with Gasteiger partial charge in [-0.05, 0) is 44.9 Å². The van der Waals surface area contributed by atoms with Crippen molar-refractivity contribution in [2.75, 3.05) is 5.32 Å². The van der Waals surface area contributed by atoms with Gasteiger partial charge in [-0.25, -0.2) is 19.6 Å². The van der Waals surface area contributed by atoms with Crippen molar-refractivity contribution in [3.63, 3.8) is 0 Å². The van der Waals surface area contributed by atoms with Crippen LogP contribution in [0.4, 0.5) is 15.5 Å².